The molecule has 2 heterocycles. The Morgan fingerprint density at radius 2 is 2.39 bits per heavy atom. The molecule has 4 N–H and O–H groups in total. The third-order valence-electron chi connectivity index (χ3n) is 3.73. The van der Waals surface area contributed by atoms with E-state index in [4.69, 9.17) is 15.2 Å². The van der Waals surface area contributed by atoms with Gasteiger partial charge in [0.05, 0.1) is 6.61 Å². The standard InChI is InChI=1S/C16H20N4O3/c1-3-22-16-9(2)14(19-20-16)15(21)18-12-5-4-10-6-11(17)8-23-13(10)7-12/h4-5,7,11H,3,6,8,17H2,1-2H3,(H,18,21)(H,19,20). The fourth-order valence-electron chi connectivity index (χ4n) is 2.55. The zero-order valence-corrected chi connectivity index (χ0v) is 13.2. The molecule has 1 atom stereocenters. The molecule has 0 spiro atoms. The van der Waals surface area contributed by atoms with E-state index in [1.54, 1.807) is 6.92 Å². The number of rotatable bonds is 4. The van der Waals surface area contributed by atoms with Crippen molar-refractivity contribution >= 4 is 11.6 Å². The Hall–Kier alpha value is -2.54. The maximum atomic E-state index is 12.4. The van der Waals surface area contributed by atoms with Crippen LogP contribution in [0.3, 0.4) is 0 Å². The van der Waals surface area contributed by atoms with Gasteiger partial charge in [-0.1, -0.05) is 6.07 Å². The highest BCUT2D eigenvalue weighted by Crippen LogP contribution is 2.28. The molecule has 1 amide bonds. The van der Waals surface area contributed by atoms with E-state index < -0.39 is 0 Å². The first-order valence-corrected chi connectivity index (χ1v) is 7.59. The second-order valence-electron chi connectivity index (χ2n) is 5.51. The van der Waals surface area contributed by atoms with Crippen molar-refractivity contribution in [1.29, 1.82) is 0 Å². The van der Waals surface area contributed by atoms with E-state index in [0.717, 1.165) is 17.7 Å². The molecular formula is C16H20N4O3. The number of ether oxygens (including phenoxy) is 2. The summed E-state index contributed by atoms with van der Waals surface area (Å²) in [6, 6.07) is 5.59. The van der Waals surface area contributed by atoms with E-state index in [9.17, 15) is 4.79 Å². The van der Waals surface area contributed by atoms with Gasteiger partial charge in [0.25, 0.3) is 5.91 Å². The molecule has 0 aliphatic carbocycles. The van der Waals surface area contributed by atoms with Gasteiger partial charge in [-0.15, -0.1) is 0 Å². The van der Waals surface area contributed by atoms with Crippen LogP contribution < -0.4 is 20.5 Å². The number of benzene rings is 1. The maximum absolute atomic E-state index is 12.4. The van der Waals surface area contributed by atoms with Crippen molar-refractivity contribution in [1.82, 2.24) is 10.2 Å². The lowest BCUT2D eigenvalue weighted by molar-refractivity contribution is 0.102. The van der Waals surface area contributed by atoms with Crippen LogP contribution in [0.15, 0.2) is 18.2 Å². The first-order chi connectivity index (χ1) is 11.1. The van der Waals surface area contributed by atoms with Crippen LogP contribution in [0.25, 0.3) is 0 Å². The quantitative estimate of drug-likeness (QED) is 0.795. The van der Waals surface area contributed by atoms with Crippen molar-refractivity contribution in [3.63, 3.8) is 0 Å². The number of H-pyrrole nitrogens is 1. The summed E-state index contributed by atoms with van der Waals surface area (Å²) in [5.41, 5.74) is 8.58. The molecule has 0 bridgehead atoms. The third kappa shape index (κ3) is 3.14. The number of anilines is 1. The van der Waals surface area contributed by atoms with Crippen LogP contribution >= 0.6 is 0 Å². The van der Waals surface area contributed by atoms with Gasteiger partial charge in [-0.25, -0.2) is 5.10 Å². The first kappa shape index (κ1) is 15.4. The molecular weight excluding hydrogens is 296 g/mol. The second kappa shape index (κ2) is 6.29. The smallest absolute Gasteiger partial charge is 0.276 e. The lowest BCUT2D eigenvalue weighted by atomic mass is 10.0. The van der Waals surface area contributed by atoms with E-state index in [2.05, 4.69) is 15.5 Å². The van der Waals surface area contributed by atoms with Crippen molar-refractivity contribution in [3.8, 4) is 11.6 Å². The minimum atomic E-state index is -0.294. The highest BCUT2D eigenvalue weighted by molar-refractivity contribution is 6.04. The predicted molar refractivity (Wildman–Crippen MR) is 86.1 cm³/mol. The van der Waals surface area contributed by atoms with Crippen molar-refractivity contribution in [2.24, 2.45) is 5.73 Å². The van der Waals surface area contributed by atoms with Crippen LogP contribution in [0.5, 0.6) is 11.6 Å². The van der Waals surface area contributed by atoms with Crippen LogP contribution in [0.4, 0.5) is 5.69 Å². The molecule has 0 saturated carbocycles. The van der Waals surface area contributed by atoms with Crippen LogP contribution in [-0.4, -0.2) is 35.4 Å². The van der Waals surface area contributed by atoms with Crippen molar-refractivity contribution in [2.75, 3.05) is 18.5 Å². The molecule has 0 saturated heterocycles. The summed E-state index contributed by atoms with van der Waals surface area (Å²) in [7, 11) is 0. The van der Waals surface area contributed by atoms with E-state index in [1.165, 1.54) is 0 Å². The Morgan fingerprint density at radius 1 is 1.57 bits per heavy atom. The molecule has 0 fully saturated rings. The molecule has 7 nitrogen and oxygen atoms in total. The van der Waals surface area contributed by atoms with Crippen molar-refractivity contribution < 1.29 is 14.3 Å². The average Bonchev–Trinajstić information content (AvgIpc) is 2.89. The van der Waals surface area contributed by atoms with Gasteiger partial charge in [-0.05, 0) is 31.9 Å². The number of nitrogens with one attached hydrogen (secondary N) is 2. The molecule has 1 aliphatic rings. The van der Waals surface area contributed by atoms with Crippen molar-refractivity contribution in [2.45, 2.75) is 26.3 Å². The molecule has 1 aromatic carbocycles. The largest absolute Gasteiger partial charge is 0.492 e. The molecule has 122 valence electrons. The number of hydrogen-bond acceptors (Lipinski definition) is 5. The lowest BCUT2D eigenvalue weighted by Crippen LogP contribution is -2.33. The summed E-state index contributed by atoms with van der Waals surface area (Å²) < 4.78 is 11.0. The second-order valence-corrected chi connectivity index (χ2v) is 5.51. The van der Waals surface area contributed by atoms with Crippen LogP contribution in [0.1, 0.15) is 28.5 Å². The van der Waals surface area contributed by atoms with E-state index >= 15 is 0 Å². The molecule has 23 heavy (non-hydrogen) atoms. The minimum Gasteiger partial charge on any atom is -0.492 e. The molecule has 7 heteroatoms. The molecule has 2 aromatic rings. The van der Waals surface area contributed by atoms with Gasteiger partial charge in [0.15, 0.2) is 5.69 Å². The number of fused-ring (bicyclic) bond motifs is 1. The number of hydrogen-bond donors (Lipinski definition) is 3. The van der Waals surface area contributed by atoms with Gasteiger partial charge >= 0.3 is 0 Å². The number of nitrogens with zero attached hydrogens (tertiary/aromatic N) is 1. The topological polar surface area (TPSA) is 102 Å². The fourth-order valence-corrected chi connectivity index (χ4v) is 2.55. The average molecular weight is 316 g/mol. The number of aromatic nitrogens is 2. The van der Waals surface area contributed by atoms with Gasteiger partial charge in [-0.3, -0.25) is 4.79 Å². The van der Waals surface area contributed by atoms with E-state index in [0.29, 0.717) is 36.0 Å². The van der Waals surface area contributed by atoms with Gasteiger partial charge in [0.1, 0.15) is 12.4 Å². The van der Waals surface area contributed by atoms with E-state index in [1.807, 2.05) is 25.1 Å². The van der Waals surface area contributed by atoms with E-state index in [-0.39, 0.29) is 11.9 Å². The molecule has 1 aromatic heterocycles. The summed E-state index contributed by atoms with van der Waals surface area (Å²) >= 11 is 0. The summed E-state index contributed by atoms with van der Waals surface area (Å²) in [4.78, 5) is 12.4. The summed E-state index contributed by atoms with van der Waals surface area (Å²) in [5, 5.41) is 9.57. The minimum absolute atomic E-state index is 0.0200. The Morgan fingerprint density at radius 3 is 3.17 bits per heavy atom. The summed E-state index contributed by atoms with van der Waals surface area (Å²) in [5.74, 6) is 0.982. The van der Waals surface area contributed by atoms with Gasteiger partial charge < -0.3 is 20.5 Å². The molecule has 1 unspecified atom stereocenters. The Balaban J connectivity index is 1.76. The first-order valence-electron chi connectivity index (χ1n) is 7.59. The molecule has 0 radical (unpaired) electrons. The van der Waals surface area contributed by atoms with Crippen molar-refractivity contribution in [3.05, 3.63) is 35.0 Å². The van der Waals surface area contributed by atoms with Gasteiger partial charge in [-0.2, -0.15) is 5.10 Å². The monoisotopic (exact) mass is 316 g/mol. The lowest BCUT2D eigenvalue weighted by Gasteiger charge is -2.22. The number of aromatic amines is 1. The SMILES string of the molecule is CCOc1[nH]nc(C(=O)Nc2ccc3c(c2)OCC(N)C3)c1C. The third-order valence-corrected chi connectivity index (χ3v) is 3.73. The van der Waals surface area contributed by atoms with Gasteiger partial charge in [0, 0.05) is 23.4 Å². The summed E-state index contributed by atoms with van der Waals surface area (Å²) in [6.45, 7) is 4.66. The molecule has 3 rings (SSSR count). The molecule has 1 aliphatic heterocycles. The predicted octanol–water partition coefficient (Wildman–Crippen LogP) is 1.63. The maximum Gasteiger partial charge on any atom is 0.276 e. The van der Waals surface area contributed by atoms with Crippen LogP contribution in [0, 0.1) is 6.92 Å². The number of carbonyl (C=O) groups is 1. The number of carbonyl (C=O) groups excluding carboxylic acids is 1. The zero-order valence-electron chi connectivity index (χ0n) is 13.2. The number of nitrogens with two attached hydrogens (primary N) is 1. The normalized spacial score (nSPS) is 16.4. The fraction of sp³-hybridized carbons (Fsp3) is 0.375. The summed E-state index contributed by atoms with van der Waals surface area (Å²) in [6.07, 6.45) is 0.778. The van der Waals surface area contributed by atoms with Gasteiger partial charge in [0.2, 0.25) is 5.88 Å². The van der Waals surface area contributed by atoms with Crippen LogP contribution in [-0.2, 0) is 6.42 Å². The Labute approximate surface area is 134 Å². The Kier molecular flexibility index (Phi) is 4.20. The van der Waals surface area contributed by atoms with Crippen LogP contribution in [0.2, 0.25) is 0 Å². The highest BCUT2D eigenvalue weighted by atomic mass is 16.5. The number of amides is 1. The highest BCUT2D eigenvalue weighted by Gasteiger charge is 2.20. The zero-order chi connectivity index (χ0) is 16.4. The Bertz CT molecular complexity index is 726.